The van der Waals surface area contributed by atoms with Crippen molar-refractivity contribution >= 4 is 33.8 Å². The van der Waals surface area contributed by atoms with E-state index in [1.54, 1.807) is 10.3 Å². The molecule has 0 radical (unpaired) electrons. The first-order valence-corrected chi connectivity index (χ1v) is 9.95. The lowest BCUT2D eigenvalue weighted by Crippen LogP contribution is -2.24. The zero-order chi connectivity index (χ0) is 22.0. The third kappa shape index (κ3) is 4.46. The molecule has 1 amide bonds. The van der Waals surface area contributed by atoms with Gasteiger partial charge in [-0.1, -0.05) is 17.7 Å². The second-order valence-corrected chi connectivity index (χ2v) is 7.72. The Kier molecular flexibility index (Phi) is 6.12. The number of nitrogens with zero attached hydrogens (tertiary/aromatic N) is 3. The number of thiazole rings is 1. The molecule has 1 heterocycles. The minimum atomic E-state index is -0.823. The molecule has 0 N–H and O–H groups in total. The van der Waals surface area contributed by atoms with Gasteiger partial charge in [-0.05, 0) is 38.0 Å². The molecule has 0 saturated heterocycles. The maximum atomic E-state index is 14.0. The summed E-state index contributed by atoms with van der Waals surface area (Å²) in [6.07, 6.45) is 0. The topological polar surface area (TPSA) is 85.6 Å². The van der Waals surface area contributed by atoms with Gasteiger partial charge in [0.2, 0.25) is 5.91 Å². The number of benzene rings is 2. The highest BCUT2D eigenvalue weighted by Gasteiger charge is 2.22. The second kappa shape index (κ2) is 8.58. The molecular weight excluding hydrogens is 409 g/mol. The van der Waals surface area contributed by atoms with Crippen molar-refractivity contribution in [2.75, 3.05) is 4.90 Å². The molecule has 9 heteroatoms. The Hall–Kier alpha value is -3.33. The molecule has 0 atom stereocenters. The number of aromatic nitrogens is 1. The number of halogens is 1. The number of ether oxygens (including phenoxy) is 1. The average Bonchev–Trinajstić information content (AvgIpc) is 3.11. The van der Waals surface area contributed by atoms with E-state index in [0.717, 1.165) is 28.4 Å². The largest absolute Gasteiger partial charge is 0.484 e. The van der Waals surface area contributed by atoms with Crippen molar-refractivity contribution in [3.8, 4) is 5.75 Å². The van der Waals surface area contributed by atoms with Crippen LogP contribution in [-0.2, 0) is 11.4 Å². The zero-order valence-electron chi connectivity index (χ0n) is 16.9. The number of hydrogen-bond donors (Lipinski definition) is 0. The molecule has 0 fully saturated rings. The maximum Gasteiger partial charge on any atom is 0.272 e. The van der Waals surface area contributed by atoms with E-state index in [-0.39, 0.29) is 24.0 Å². The summed E-state index contributed by atoms with van der Waals surface area (Å²) in [4.78, 5) is 28.5. The monoisotopic (exact) mass is 429 g/mol. The second-order valence-electron chi connectivity index (χ2n) is 6.88. The van der Waals surface area contributed by atoms with Crippen molar-refractivity contribution in [2.24, 2.45) is 0 Å². The lowest BCUT2D eigenvalue weighted by molar-refractivity contribution is -0.385. The summed E-state index contributed by atoms with van der Waals surface area (Å²) >= 11 is 1.28. The standard InChI is InChI=1S/C21H20FN3O4S/c1-12-7-13(2)20(14(3)8-12)24(15(4)26)21-23-16(11-30-21)10-29-19-6-5-17(25(27)28)9-18(19)22/h5-9,11H,10H2,1-4H3. The Morgan fingerprint density at radius 3 is 2.47 bits per heavy atom. The Morgan fingerprint density at radius 1 is 1.23 bits per heavy atom. The van der Waals surface area contributed by atoms with E-state index in [1.807, 2.05) is 32.9 Å². The van der Waals surface area contributed by atoms with Crippen LogP contribution < -0.4 is 9.64 Å². The fourth-order valence-electron chi connectivity index (χ4n) is 3.25. The highest BCUT2D eigenvalue weighted by molar-refractivity contribution is 7.14. The summed E-state index contributed by atoms with van der Waals surface area (Å²) in [5.41, 5.74) is 3.98. The molecule has 156 valence electrons. The summed E-state index contributed by atoms with van der Waals surface area (Å²) in [5.74, 6) is -1.10. The van der Waals surface area contributed by atoms with Crippen LogP contribution in [-0.4, -0.2) is 15.8 Å². The molecule has 2 aromatic carbocycles. The number of aryl methyl sites for hydroxylation is 3. The number of nitro groups is 1. The first-order valence-electron chi connectivity index (χ1n) is 9.07. The van der Waals surface area contributed by atoms with Gasteiger partial charge in [-0.2, -0.15) is 0 Å². The van der Waals surface area contributed by atoms with E-state index < -0.39 is 10.7 Å². The van der Waals surface area contributed by atoms with Gasteiger partial charge in [-0.15, -0.1) is 11.3 Å². The first kappa shape index (κ1) is 21.4. The van der Waals surface area contributed by atoms with Gasteiger partial charge in [0.05, 0.1) is 22.4 Å². The number of rotatable bonds is 6. The van der Waals surface area contributed by atoms with Crippen LogP contribution in [0.3, 0.4) is 0 Å². The SMILES string of the molecule is CC(=O)N(c1nc(COc2ccc([N+](=O)[O-])cc2F)cs1)c1c(C)cc(C)cc1C. The normalized spacial score (nSPS) is 10.7. The van der Waals surface area contributed by atoms with Crippen molar-refractivity contribution in [1.29, 1.82) is 0 Å². The zero-order valence-corrected chi connectivity index (χ0v) is 17.7. The van der Waals surface area contributed by atoms with Crippen LogP contribution in [0.25, 0.3) is 0 Å². The van der Waals surface area contributed by atoms with Gasteiger partial charge < -0.3 is 4.74 Å². The van der Waals surface area contributed by atoms with Crippen LogP contribution in [0.5, 0.6) is 5.75 Å². The van der Waals surface area contributed by atoms with Gasteiger partial charge in [0.25, 0.3) is 5.69 Å². The number of anilines is 2. The fraction of sp³-hybridized carbons (Fsp3) is 0.238. The smallest absolute Gasteiger partial charge is 0.272 e. The van der Waals surface area contributed by atoms with E-state index in [2.05, 4.69) is 4.98 Å². The van der Waals surface area contributed by atoms with Crippen molar-refractivity contribution in [3.63, 3.8) is 0 Å². The minimum Gasteiger partial charge on any atom is -0.484 e. The highest BCUT2D eigenvalue weighted by Crippen LogP contribution is 2.34. The van der Waals surface area contributed by atoms with E-state index in [9.17, 15) is 19.3 Å². The molecule has 30 heavy (non-hydrogen) atoms. The molecule has 0 saturated carbocycles. The summed E-state index contributed by atoms with van der Waals surface area (Å²) < 4.78 is 19.4. The summed E-state index contributed by atoms with van der Waals surface area (Å²) in [6.45, 7) is 7.32. The molecule has 7 nitrogen and oxygen atoms in total. The number of carbonyl (C=O) groups is 1. The Bertz CT molecular complexity index is 1110. The molecule has 0 aliphatic heterocycles. The molecule has 3 aromatic rings. The van der Waals surface area contributed by atoms with Crippen molar-refractivity contribution in [2.45, 2.75) is 34.3 Å². The molecular formula is C21H20FN3O4S. The first-order chi connectivity index (χ1) is 14.2. The van der Waals surface area contributed by atoms with Gasteiger partial charge in [0.15, 0.2) is 16.7 Å². The minimum absolute atomic E-state index is 0.0389. The number of carbonyl (C=O) groups excluding carboxylic acids is 1. The average molecular weight is 429 g/mol. The molecule has 3 rings (SSSR count). The molecule has 1 aromatic heterocycles. The van der Waals surface area contributed by atoms with E-state index in [0.29, 0.717) is 10.8 Å². The molecule has 0 aliphatic rings. The van der Waals surface area contributed by atoms with E-state index >= 15 is 0 Å². The number of nitro benzene ring substituents is 1. The van der Waals surface area contributed by atoms with Crippen LogP contribution in [0.1, 0.15) is 29.3 Å². The fourth-order valence-corrected chi connectivity index (χ4v) is 4.11. The van der Waals surface area contributed by atoms with Crippen LogP contribution in [0.15, 0.2) is 35.7 Å². The van der Waals surface area contributed by atoms with Gasteiger partial charge in [0, 0.05) is 18.4 Å². The summed E-state index contributed by atoms with van der Waals surface area (Å²) in [6, 6.07) is 7.20. The molecule has 0 spiro atoms. The number of amides is 1. The predicted octanol–water partition coefficient (Wildman–Crippen LogP) is 5.38. The third-order valence-corrected chi connectivity index (χ3v) is 5.28. The van der Waals surface area contributed by atoms with Crippen LogP contribution >= 0.6 is 11.3 Å². The predicted molar refractivity (Wildman–Crippen MR) is 113 cm³/mol. The Labute approximate surface area is 176 Å². The Balaban J connectivity index is 1.83. The van der Waals surface area contributed by atoms with Crippen molar-refractivity contribution in [1.82, 2.24) is 4.98 Å². The third-order valence-electron chi connectivity index (χ3n) is 4.41. The van der Waals surface area contributed by atoms with Crippen LogP contribution in [0.2, 0.25) is 0 Å². The van der Waals surface area contributed by atoms with E-state index in [1.165, 1.54) is 30.4 Å². The Morgan fingerprint density at radius 2 is 1.90 bits per heavy atom. The van der Waals surface area contributed by atoms with Gasteiger partial charge in [0.1, 0.15) is 6.61 Å². The van der Waals surface area contributed by atoms with Gasteiger partial charge in [-0.25, -0.2) is 9.37 Å². The number of non-ortho nitro benzene ring substituents is 1. The maximum absolute atomic E-state index is 14.0. The van der Waals surface area contributed by atoms with Gasteiger partial charge in [-0.3, -0.25) is 19.8 Å². The summed E-state index contributed by atoms with van der Waals surface area (Å²) in [5, 5.41) is 12.9. The highest BCUT2D eigenvalue weighted by atomic mass is 32.1. The molecule has 0 unspecified atom stereocenters. The molecule has 0 bridgehead atoms. The quantitative estimate of drug-likeness (QED) is 0.388. The summed E-state index contributed by atoms with van der Waals surface area (Å²) in [7, 11) is 0. The van der Waals surface area contributed by atoms with Gasteiger partial charge >= 0.3 is 0 Å². The number of hydrogen-bond acceptors (Lipinski definition) is 6. The lowest BCUT2D eigenvalue weighted by atomic mass is 10.0. The van der Waals surface area contributed by atoms with E-state index in [4.69, 9.17) is 4.74 Å². The molecule has 0 aliphatic carbocycles. The van der Waals surface area contributed by atoms with Crippen molar-refractivity contribution in [3.05, 3.63) is 74.0 Å². The van der Waals surface area contributed by atoms with Crippen LogP contribution in [0, 0.1) is 36.7 Å². The lowest BCUT2D eigenvalue weighted by Gasteiger charge is -2.23. The van der Waals surface area contributed by atoms with Crippen molar-refractivity contribution < 1.29 is 18.8 Å². The van der Waals surface area contributed by atoms with Crippen LogP contribution in [0.4, 0.5) is 20.9 Å².